The zero-order valence-electron chi connectivity index (χ0n) is 12.2. The second-order valence-corrected chi connectivity index (χ2v) is 5.86. The van der Waals surface area contributed by atoms with Gasteiger partial charge in [0.05, 0.1) is 12.6 Å². The van der Waals surface area contributed by atoms with Crippen LogP contribution in [-0.2, 0) is 6.42 Å². The van der Waals surface area contributed by atoms with E-state index in [0.717, 1.165) is 18.5 Å². The van der Waals surface area contributed by atoms with Crippen LogP contribution in [0.5, 0.6) is 0 Å². The molecule has 0 saturated heterocycles. The summed E-state index contributed by atoms with van der Waals surface area (Å²) in [6.45, 7) is 8.30. The van der Waals surface area contributed by atoms with Gasteiger partial charge in [-0.3, -0.25) is 9.89 Å². The number of aromatic nitrogens is 2. The van der Waals surface area contributed by atoms with Crippen molar-refractivity contribution in [2.45, 2.75) is 46.6 Å². The summed E-state index contributed by atoms with van der Waals surface area (Å²) >= 11 is 0. The summed E-state index contributed by atoms with van der Waals surface area (Å²) in [5.41, 5.74) is 1.35. The van der Waals surface area contributed by atoms with Gasteiger partial charge in [-0.25, -0.2) is 0 Å². The summed E-state index contributed by atoms with van der Waals surface area (Å²) in [7, 11) is 0. The van der Waals surface area contributed by atoms with Crippen molar-refractivity contribution < 1.29 is 9.90 Å². The third-order valence-corrected chi connectivity index (χ3v) is 2.80. The Morgan fingerprint density at radius 1 is 1.37 bits per heavy atom. The van der Waals surface area contributed by atoms with Crippen LogP contribution in [0.4, 0.5) is 0 Å². The third-order valence-electron chi connectivity index (χ3n) is 2.80. The Balaban J connectivity index is 2.59. The molecular weight excluding hydrogens is 242 g/mol. The fourth-order valence-electron chi connectivity index (χ4n) is 2.03. The molecule has 1 unspecified atom stereocenters. The topological polar surface area (TPSA) is 78.0 Å². The molecule has 1 aromatic heterocycles. The van der Waals surface area contributed by atoms with Gasteiger partial charge < -0.3 is 10.4 Å². The first kappa shape index (κ1) is 15.7. The molecule has 1 rings (SSSR count). The fraction of sp³-hybridized carbons (Fsp3) is 0.714. The molecule has 0 aliphatic rings. The van der Waals surface area contributed by atoms with Crippen LogP contribution >= 0.6 is 0 Å². The van der Waals surface area contributed by atoms with Crippen molar-refractivity contribution in [2.24, 2.45) is 11.8 Å². The first-order chi connectivity index (χ1) is 8.92. The Bertz CT molecular complexity index is 399. The Kier molecular flexibility index (Phi) is 6.02. The molecule has 5 nitrogen and oxygen atoms in total. The molecule has 1 amide bonds. The van der Waals surface area contributed by atoms with Gasteiger partial charge in [-0.15, -0.1) is 0 Å². The predicted octanol–water partition coefficient (Wildman–Crippen LogP) is 1.74. The lowest BCUT2D eigenvalue weighted by Gasteiger charge is -2.17. The molecule has 1 atom stereocenters. The quantitative estimate of drug-likeness (QED) is 0.704. The van der Waals surface area contributed by atoms with Crippen molar-refractivity contribution in [3.8, 4) is 0 Å². The van der Waals surface area contributed by atoms with Crippen molar-refractivity contribution in [1.82, 2.24) is 15.5 Å². The minimum atomic E-state index is -0.231. The normalized spacial score (nSPS) is 13.0. The lowest BCUT2D eigenvalue weighted by Crippen LogP contribution is -2.38. The molecule has 0 bridgehead atoms. The molecule has 3 N–H and O–H groups in total. The molecule has 108 valence electrons. The Morgan fingerprint density at radius 3 is 2.58 bits per heavy atom. The maximum absolute atomic E-state index is 12.0. The van der Waals surface area contributed by atoms with Crippen LogP contribution < -0.4 is 5.32 Å². The fourth-order valence-corrected chi connectivity index (χ4v) is 2.03. The summed E-state index contributed by atoms with van der Waals surface area (Å²) in [5.74, 6) is 0.710. The number of H-pyrrole nitrogens is 1. The van der Waals surface area contributed by atoms with Crippen LogP contribution in [0.1, 0.15) is 50.3 Å². The number of amides is 1. The monoisotopic (exact) mass is 267 g/mol. The smallest absolute Gasteiger partial charge is 0.272 e. The van der Waals surface area contributed by atoms with Crippen LogP contribution in [0.2, 0.25) is 0 Å². The molecular formula is C14H25N3O2. The van der Waals surface area contributed by atoms with Crippen molar-refractivity contribution in [1.29, 1.82) is 0 Å². The second kappa shape index (κ2) is 7.28. The number of hydrogen-bond acceptors (Lipinski definition) is 3. The molecule has 0 saturated carbocycles. The van der Waals surface area contributed by atoms with Gasteiger partial charge in [-0.05, 0) is 30.7 Å². The molecule has 0 spiro atoms. The minimum absolute atomic E-state index is 0.0484. The number of nitrogens with one attached hydrogen (secondary N) is 2. The van der Waals surface area contributed by atoms with Crippen molar-refractivity contribution in [3.05, 3.63) is 17.5 Å². The first-order valence-corrected chi connectivity index (χ1v) is 6.88. The van der Waals surface area contributed by atoms with Crippen LogP contribution in [0.25, 0.3) is 0 Å². The minimum Gasteiger partial charge on any atom is -0.394 e. The molecule has 1 aromatic rings. The summed E-state index contributed by atoms with van der Waals surface area (Å²) in [6.07, 6.45) is 1.63. The van der Waals surface area contributed by atoms with Crippen molar-refractivity contribution in [2.75, 3.05) is 6.61 Å². The van der Waals surface area contributed by atoms with Crippen LogP contribution in [-0.4, -0.2) is 33.9 Å². The summed E-state index contributed by atoms with van der Waals surface area (Å²) < 4.78 is 0. The average molecular weight is 267 g/mol. The summed E-state index contributed by atoms with van der Waals surface area (Å²) in [5, 5.41) is 19.0. The third kappa shape index (κ3) is 5.42. The zero-order chi connectivity index (χ0) is 14.4. The van der Waals surface area contributed by atoms with Gasteiger partial charge in [-0.2, -0.15) is 5.10 Å². The highest BCUT2D eigenvalue weighted by molar-refractivity contribution is 5.92. The van der Waals surface area contributed by atoms with E-state index in [-0.39, 0.29) is 18.6 Å². The van der Waals surface area contributed by atoms with Gasteiger partial charge >= 0.3 is 0 Å². The van der Waals surface area contributed by atoms with Crippen LogP contribution in [0, 0.1) is 11.8 Å². The van der Waals surface area contributed by atoms with Crippen LogP contribution in [0.15, 0.2) is 6.07 Å². The Labute approximate surface area is 114 Å². The number of carbonyl (C=O) groups is 1. The highest BCUT2D eigenvalue weighted by atomic mass is 16.3. The van der Waals surface area contributed by atoms with E-state index in [1.807, 2.05) is 0 Å². The van der Waals surface area contributed by atoms with E-state index in [1.54, 1.807) is 6.07 Å². The number of carbonyl (C=O) groups excluding carboxylic acids is 1. The number of aromatic amines is 1. The van der Waals surface area contributed by atoms with E-state index in [0.29, 0.717) is 17.5 Å². The molecule has 0 aliphatic heterocycles. The standard InChI is InChI=1S/C14H25N3O2/c1-9(2)5-11-7-13(17-16-11)14(19)15-12(8-18)6-10(3)4/h7,9-10,12,18H,5-6,8H2,1-4H3,(H,15,19)(H,16,17). The zero-order valence-corrected chi connectivity index (χ0v) is 12.2. The first-order valence-electron chi connectivity index (χ1n) is 6.88. The molecule has 0 aromatic carbocycles. The predicted molar refractivity (Wildman–Crippen MR) is 74.9 cm³/mol. The molecule has 0 aliphatic carbocycles. The molecule has 0 fully saturated rings. The molecule has 0 radical (unpaired) electrons. The van der Waals surface area contributed by atoms with E-state index in [1.165, 1.54) is 0 Å². The number of aliphatic hydroxyl groups is 1. The van der Waals surface area contributed by atoms with Gasteiger partial charge in [0.1, 0.15) is 5.69 Å². The van der Waals surface area contributed by atoms with E-state index in [4.69, 9.17) is 0 Å². The largest absolute Gasteiger partial charge is 0.394 e. The summed E-state index contributed by atoms with van der Waals surface area (Å²) in [4.78, 5) is 12.0. The Morgan fingerprint density at radius 2 is 2.05 bits per heavy atom. The van der Waals surface area contributed by atoms with Gasteiger partial charge in [0.15, 0.2) is 0 Å². The maximum Gasteiger partial charge on any atom is 0.272 e. The number of aliphatic hydroxyl groups excluding tert-OH is 1. The van der Waals surface area contributed by atoms with Gasteiger partial charge in [0, 0.05) is 5.69 Å². The maximum atomic E-state index is 12.0. The number of nitrogens with zero attached hydrogens (tertiary/aromatic N) is 1. The number of rotatable bonds is 7. The molecule has 19 heavy (non-hydrogen) atoms. The van der Waals surface area contributed by atoms with Crippen LogP contribution in [0.3, 0.4) is 0 Å². The molecule has 1 heterocycles. The highest BCUT2D eigenvalue weighted by Gasteiger charge is 2.16. The SMILES string of the molecule is CC(C)Cc1cc(C(=O)NC(CO)CC(C)C)n[nH]1. The highest BCUT2D eigenvalue weighted by Crippen LogP contribution is 2.08. The van der Waals surface area contributed by atoms with Crippen molar-refractivity contribution in [3.63, 3.8) is 0 Å². The second-order valence-electron chi connectivity index (χ2n) is 5.86. The van der Waals surface area contributed by atoms with Gasteiger partial charge in [-0.1, -0.05) is 27.7 Å². The Hall–Kier alpha value is -1.36. The van der Waals surface area contributed by atoms with Gasteiger partial charge in [0.25, 0.3) is 5.91 Å². The summed E-state index contributed by atoms with van der Waals surface area (Å²) in [6, 6.07) is 1.57. The molecule has 5 heteroatoms. The van der Waals surface area contributed by atoms with Gasteiger partial charge in [0.2, 0.25) is 0 Å². The number of hydrogen-bond donors (Lipinski definition) is 3. The van der Waals surface area contributed by atoms with E-state index in [9.17, 15) is 9.90 Å². The lowest BCUT2D eigenvalue weighted by atomic mass is 10.0. The van der Waals surface area contributed by atoms with E-state index in [2.05, 4.69) is 43.2 Å². The van der Waals surface area contributed by atoms with E-state index < -0.39 is 0 Å². The lowest BCUT2D eigenvalue weighted by molar-refractivity contribution is 0.0903. The van der Waals surface area contributed by atoms with E-state index >= 15 is 0 Å². The van der Waals surface area contributed by atoms with Crippen molar-refractivity contribution >= 4 is 5.91 Å². The average Bonchev–Trinajstić information content (AvgIpc) is 2.75.